The highest BCUT2D eigenvalue weighted by molar-refractivity contribution is 6.66. The van der Waals surface area contributed by atoms with E-state index in [1.807, 2.05) is 0 Å². The number of benzene rings is 1. The van der Waals surface area contributed by atoms with Crippen LogP contribution in [-0.4, -0.2) is 29.2 Å². The van der Waals surface area contributed by atoms with Crippen molar-refractivity contribution in [1.29, 1.82) is 0 Å². The Balaban J connectivity index is 3.02. The number of carbonyl (C=O) groups is 1. The van der Waals surface area contributed by atoms with Gasteiger partial charge >= 0.3 is 0 Å². The fourth-order valence-corrected chi connectivity index (χ4v) is 1.61. The Morgan fingerprint density at radius 3 is 2.50 bits per heavy atom. The molecule has 0 spiro atoms. The maximum absolute atomic E-state index is 11.4. The Labute approximate surface area is 120 Å². The van der Waals surface area contributed by atoms with Crippen LogP contribution in [0.25, 0.3) is 0 Å². The summed E-state index contributed by atoms with van der Waals surface area (Å²) in [6.07, 6.45) is 0. The number of nitro groups is 1. The van der Waals surface area contributed by atoms with Crippen LogP contribution in [0.1, 0.15) is 13.8 Å². The molecule has 106 valence electrons. The van der Waals surface area contributed by atoms with E-state index in [0.717, 1.165) is 0 Å². The summed E-state index contributed by atoms with van der Waals surface area (Å²) < 4.78 is 0. The summed E-state index contributed by atoms with van der Waals surface area (Å²) in [6, 6.07) is 4.07. The van der Waals surface area contributed by atoms with Crippen molar-refractivity contribution in [3.05, 3.63) is 33.3 Å². The molecule has 0 amide bonds. The molecule has 0 bridgehead atoms. The molecule has 1 N–H and O–H groups in total. The fourth-order valence-electron chi connectivity index (χ4n) is 1.37. The summed E-state index contributed by atoms with van der Waals surface area (Å²) in [6.45, 7) is 3.03. The highest BCUT2D eigenvalue weighted by Gasteiger charge is 2.13. The highest BCUT2D eigenvalue weighted by atomic mass is 35.5. The number of carbonyl (C=O) groups excluding carboxylic acids is 1. The third-order valence-electron chi connectivity index (χ3n) is 2.45. The van der Waals surface area contributed by atoms with Gasteiger partial charge in [0, 0.05) is 20.0 Å². The van der Waals surface area contributed by atoms with Crippen molar-refractivity contribution in [2.24, 2.45) is 10.1 Å². The minimum Gasteiger partial charge on any atom is -0.293 e. The summed E-state index contributed by atoms with van der Waals surface area (Å²) in [4.78, 5) is 25.3. The Kier molecular flexibility index (Phi) is 5.33. The first-order chi connectivity index (χ1) is 9.36. The lowest BCUT2D eigenvalue weighted by atomic mass is 10.2. The molecule has 0 saturated heterocycles. The average Bonchev–Trinajstić information content (AvgIpc) is 2.37. The van der Waals surface area contributed by atoms with Gasteiger partial charge in [0.2, 0.25) is 0 Å². The van der Waals surface area contributed by atoms with Gasteiger partial charge in [0.05, 0.1) is 16.3 Å². The summed E-state index contributed by atoms with van der Waals surface area (Å²) in [5.41, 5.74) is 3.53. The summed E-state index contributed by atoms with van der Waals surface area (Å²) in [5, 5.41) is 14.6. The fraction of sp³-hybridized carbons (Fsp3) is 0.250. The first-order valence-electron chi connectivity index (χ1n) is 5.59. The molecule has 0 atom stereocenters. The number of ketones is 1. The molecule has 7 nitrogen and oxygen atoms in total. The molecule has 1 rings (SSSR count). The number of anilines is 1. The van der Waals surface area contributed by atoms with Gasteiger partial charge in [-0.15, -0.1) is 0 Å². The van der Waals surface area contributed by atoms with Crippen LogP contribution in [-0.2, 0) is 4.79 Å². The van der Waals surface area contributed by atoms with E-state index >= 15 is 0 Å². The number of hydrogen-bond acceptors (Lipinski definition) is 6. The number of Topliss-reactive ketones (excluding diaryl/α,β-unsaturated/α-hetero) is 1. The van der Waals surface area contributed by atoms with E-state index in [4.69, 9.17) is 11.6 Å². The number of nitrogens with zero attached hydrogens (tertiary/aromatic N) is 3. The predicted molar refractivity (Wildman–Crippen MR) is 78.9 cm³/mol. The zero-order chi connectivity index (χ0) is 15.3. The van der Waals surface area contributed by atoms with Crippen LogP contribution in [0.5, 0.6) is 0 Å². The monoisotopic (exact) mass is 296 g/mol. The van der Waals surface area contributed by atoms with Gasteiger partial charge in [-0.1, -0.05) is 11.6 Å². The third kappa shape index (κ3) is 3.86. The van der Waals surface area contributed by atoms with E-state index in [1.165, 1.54) is 25.1 Å². The van der Waals surface area contributed by atoms with E-state index in [9.17, 15) is 14.9 Å². The Morgan fingerprint density at radius 1 is 1.40 bits per heavy atom. The molecule has 0 unspecified atom stereocenters. The predicted octanol–water partition coefficient (Wildman–Crippen LogP) is 2.70. The molecule has 20 heavy (non-hydrogen) atoms. The first-order valence-corrected chi connectivity index (χ1v) is 5.97. The molecule has 0 aliphatic rings. The summed E-state index contributed by atoms with van der Waals surface area (Å²) >= 11 is 5.77. The Hall–Kier alpha value is -2.28. The molecule has 8 heteroatoms. The lowest BCUT2D eigenvalue weighted by Gasteiger charge is -2.05. The van der Waals surface area contributed by atoms with E-state index in [2.05, 4.69) is 15.5 Å². The number of halogens is 1. The Bertz CT molecular complexity index is 611. The van der Waals surface area contributed by atoms with Gasteiger partial charge in [0.1, 0.15) is 10.7 Å². The largest absolute Gasteiger partial charge is 0.293 e. The van der Waals surface area contributed by atoms with Gasteiger partial charge < -0.3 is 0 Å². The topological polar surface area (TPSA) is 97.0 Å². The van der Waals surface area contributed by atoms with Gasteiger partial charge in [-0.25, -0.2) is 0 Å². The second-order valence-electron chi connectivity index (χ2n) is 3.86. The minimum absolute atomic E-state index is 0.0135. The molecule has 0 aliphatic carbocycles. The van der Waals surface area contributed by atoms with E-state index in [0.29, 0.717) is 11.4 Å². The molecule has 0 saturated carbocycles. The van der Waals surface area contributed by atoms with Crippen LogP contribution in [0, 0.1) is 10.1 Å². The van der Waals surface area contributed by atoms with Gasteiger partial charge in [-0.05, 0) is 19.1 Å². The highest BCUT2D eigenvalue weighted by Crippen LogP contribution is 2.27. The first kappa shape index (κ1) is 15.8. The number of nitrogens with one attached hydrogen (secondary N) is 1. The van der Waals surface area contributed by atoms with E-state index in [-0.39, 0.29) is 22.2 Å². The maximum Gasteiger partial charge on any atom is 0.288 e. The van der Waals surface area contributed by atoms with Crippen LogP contribution < -0.4 is 5.43 Å². The van der Waals surface area contributed by atoms with Crippen molar-refractivity contribution in [2.45, 2.75) is 13.8 Å². The van der Waals surface area contributed by atoms with Crippen LogP contribution >= 0.6 is 11.6 Å². The second kappa shape index (κ2) is 6.76. The molecule has 0 aromatic heterocycles. The summed E-state index contributed by atoms with van der Waals surface area (Å²) in [7, 11) is 1.55. The zero-order valence-corrected chi connectivity index (χ0v) is 11.9. The maximum atomic E-state index is 11.4. The van der Waals surface area contributed by atoms with Crippen molar-refractivity contribution in [2.75, 3.05) is 12.5 Å². The van der Waals surface area contributed by atoms with E-state index < -0.39 is 4.92 Å². The van der Waals surface area contributed by atoms with Gasteiger partial charge in [-0.3, -0.25) is 25.3 Å². The van der Waals surface area contributed by atoms with Crippen molar-refractivity contribution < 1.29 is 9.72 Å². The number of hydrogen-bond donors (Lipinski definition) is 1. The molecule has 0 aliphatic heterocycles. The number of nitro benzene ring substituents is 1. The van der Waals surface area contributed by atoms with Crippen molar-refractivity contribution in [3.63, 3.8) is 0 Å². The second-order valence-corrected chi connectivity index (χ2v) is 4.27. The normalized spacial score (nSPS) is 12.2. The molecular weight excluding hydrogens is 284 g/mol. The summed E-state index contributed by atoms with van der Waals surface area (Å²) in [5.74, 6) is -0.242. The van der Waals surface area contributed by atoms with E-state index in [1.54, 1.807) is 14.0 Å². The van der Waals surface area contributed by atoms with Gasteiger partial charge in [0.25, 0.3) is 5.69 Å². The van der Waals surface area contributed by atoms with Crippen LogP contribution in [0.15, 0.2) is 28.3 Å². The lowest BCUT2D eigenvalue weighted by molar-refractivity contribution is -0.384. The zero-order valence-electron chi connectivity index (χ0n) is 11.2. The standard InChI is InChI=1S/C12H13ClN4O3/c1-7(14-3)12(8(2)18)16-15-9-4-5-11(17(19)20)10(13)6-9/h4-6,15H,1-3H3/b14-7?,16-12-. The average molecular weight is 297 g/mol. The number of rotatable bonds is 5. The lowest BCUT2D eigenvalue weighted by Crippen LogP contribution is -2.20. The quantitative estimate of drug-likeness (QED) is 0.513. The van der Waals surface area contributed by atoms with Gasteiger partial charge in [-0.2, -0.15) is 5.10 Å². The third-order valence-corrected chi connectivity index (χ3v) is 2.76. The van der Waals surface area contributed by atoms with Crippen molar-refractivity contribution in [3.8, 4) is 0 Å². The molecule has 0 heterocycles. The van der Waals surface area contributed by atoms with Crippen molar-refractivity contribution >= 4 is 40.2 Å². The van der Waals surface area contributed by atoms with Gasteiger partial charge in [0.15, 0.2) is 5.78 Å². The molecule has 1 aromatic carbocycles. The molecular formula is C12H13ClN4O3. The van der Waals surface area contributed by atoms with Crippen molar-refractivity contribution in [1.82, 2.24) is 0 Å². The van der Waals surface area contributed by atoms with Crippen LogP contribution in [0.4, 0.5) is 11.4 Å². The Morgan fingerprint density at radius 2 is 2.05 bits per heavy atom. The SMILES string of the molecule is CN=C(C)/C(=N/Nc1ccc([N+](=O)[O-])c(Cl)c1)C(C)=O. The molecule has 0 radical (unpaired) electrons. The van der Waals surface area contributed by atoms with Crippen LogP contribution in [0.3, 0.4) is 0 Å². The molecule has 0 fully saturated rings. The number of hydrazone groups is 1. The molecule has 1 aromatic rings. The minimum atomic E-state index is -0.579. The number of aliphatic imine (C=N–C) groups is 1. The smallest absolute Gasteiger partial charge is 0.288 e. The van der Waals surface area contributed by atoms with Crippen LogP contribution in [0.2, 0.25) is 5.02 Å².